The van der Waals surface area contributed by atoms with Crippen molar-refractivity contribution in [3.8, 4) is 5.75 Å². The number of rotatable bonds is 6. The number of ether oxygens (including phenoxy) is 2. The summed E-state index contributed by atoms with van der Waals surface area (Å²) in [5.74, 6) is 0.716. The average Bonchev–Trinajstić information content (AvgIpc) is 2.56. The molecule has 0 atom stereocenters. The van der Waals surface area contributed by atoms with Crippen LogP contribution in [0.2, 0.25) is 0 Å². The van der Waals surface area contributed by atoms with Crippen molar-refractivity contribution in [1.82, 2.24) is 10.2 Å². The van der Waals surface area contributed by atoms with Gasteiger partial charge in [-0.1, -0.05) is 6.07 Å². The summed E-state index contributed by atoms with van der Waals surface area (Å²) < 4.78 is 10.2. The first-order valence-corrected chi connectivity index (χ1v) is 8.21. The Labute approximate surface area is 137 Å². The molecule has 1 heterocycles. The zero-order chi connectivity index (χ0) is 16.7. The number of anilines is 1. The lowest BCUT2D eigenvalue weighted by Crippen LogP contribution is -2.45. The minimum atomic E-state index is -0.195. The van der Waals surface area contributed by atoms with Gasteiger partial charge in [-0.15, -0.1) is 0 Å². The van der Waals surface area contributed by atoms with E-state index in [-0.39, 0.29) is 6.09 Å². The van der Waals surface area contributed by atoms with Crippen LogP contribution in [0.15, 0.2) is 18.2 Å². The van der Waals surface area contributed by atoms with Crippen LogP contribution in [0.3, 0.4) is 0 Å². The first-order chi connectivity index (χ1) is 11.1. The molecule has 1 fully saturated rings. The maximum absolute atomic E-state index is 11.6. The molecule has 6 heteroatoms. The summed E-state index contributed by atoms with van der Waals surface area (Å²) in [4.78, 5) is 13.4. The minimum Gasteiger partial charge on any atom is -0.495 e. The molecule has 1 aliphatic heterocycles. The highest BCUT2D eigenvalue weighted by atomic mass is 16.6. The second-order valence-electron chi connectivity index (χ2n) is 5.74. The summed E-state index contributed by atoms with van der Waals surface area (Å²) in [5.41, 5.74) is 7.79. The van der Waals surface area contributed by atoms with Crippen molar-refractivity contribution in [2.75, 3.05) is 39.1 Å². The number of hydrogen-bond donors (Lipinski definition) is 2. The molecular formula is C17H27N3O3. The van der Waals surface area contributed by atoms with E-state index < -0.39 is 0 Å². The maximum atomic E-state index is 11.6. The van der Waals surface area contributed by atoms with Crippen molar-refractivity contribution in [3.05, 3.63) is 23.8 Å². The van der Waals surface area contributed by atoms with E-state index in [1.165, 1.54) is 5.56 Å². The molecule has 1 aromatic rings. The van der Waals surface area contributed by atoms with Gasteiger partial charge in [0.2, 0.25) is 0 Å². The van der Waals surface area contributed by atoms with E-state index in [4.69, 9.17) is 15.2 Å². The molecule has 0 saturated carbocycles. The highest BCUT2D eigenvalue weighted by Crippen LogP contribution is 2.22. The average molecular weight is 321 g/mol. The van der Waals surface area contributed by atoms with Gasteiger partial charge >= 0.3 is 6.09 Å². The van der Waals surface area contributed by atoms with Gasteiger partial charge < -0.3 is 25.4 Å². The Morgan fingerprint density at radius 2 is 2.13 bits per heavy atom. The van der Waals surface area contributed by atoms with E-state index in [0.29, 0.717) is 24.1 Å². The molecule has 0 aromatic heterocycles. The van der Waals surface area contributed by atoms with Gasteiger partial charge in [0, 0.05) is 19.1 Å². The number of piperidine rings is 1. The van der Waals surface area contributed by atoms with Crippen molar-refractivity contribution in [2.45, 2.75) is 32.2 Å². The van der Waals surface area contributed by atoms with Crippen LogP contribution < -0.4 is 15.8 Å². The van der Waals surface area contributed by atoms with Crippen LogP contribution in [0.4, 0.5) is 10.5 Å². The standard InChI is InChI=1S/C17H27N3O3/c1-3-23-17(21)20-10-7-14(8-11-20)19-9-6-13-4-5-16(22-2)15(18)12-13/h4-5,12,14,19H,3,6-11,18H2,1-2H3. The fourth-order valence-electron chi connectivity index (χ4n) is 2.84. The molecule has 3 N–H and O–H groups in total. The van der Waals surface area contributed by atoms with Crippen LogP contribution in [-0.4, -0.2) is 50.4 Å². The molecule has 128 valence electrons. The van der Waals surface area contributed by atoms with E-state index in [2.05, 4.69) is 5.32 Å². The Hall–Kier alpha value is -1.95. The Kier molecular flexibility index (Phi) is 6.52. The van der Waals surface area contributed by atoms with Gasteiger partial charge in [-0.3, -0.25) is 0 Å². The highest BCUT2D eigenvalue weighted by molar-refractivity contribution is 5.67. The number of carbonyl (C=O) groups is 1. The van der Waals surface area contributed by atoms with Crippen molar-refractivity contribution in [2.24, 2.45) is 0 Å². The van der Waals surface area contributed by atoms with Crippen molar-refractivity contribution >= 4 is 11.8 Å². The molecule has 0 bridgehead atoms. The Bertz CT molecular complexity index is 514. The van der Waals surface area contributed by atoms with Crippen molar-refractivity contribution in [1.29, 1.82) is 0 Å². The molecular weight excluding hydrogens is 294 g/mol. The molecule has 1 aromatic carbocycles. The quantitative estimate of drug-likeness (QED) is 0.784. The lowest BCUT2D eigenvalue weighted by molar-refractivity contribution is 0.0952. The zero-order valence-corrected chi connectivity index (χ0v) is 14.0. The number of methoxy groups -OCH3 is 1. The Balaban J connectivity index is 1.69. The van der Waals surface area contributed by atoms with Crippen LogP contribution >= 0.6 is 0 Å². The predicted molar refractivity (Wildman–Crippen MR) is 90.7 cm³/mol. The van der Waals surface area contributed by atoms with E-state index in [0.717, 1.165) is 38.9 Å². The fourth-order valence-corrected chi connectivity index (χ4v) is 2.84. The second-order valence-corrected chi connectivity index (χ2v) is 5.74. The van der Waals surface area contributed by atoms with E-state index in [9.17, 15) is 4.79 Å². The number of nitrogen functional groups attached to an aromatic ring is 1. The Morgan fingerprint density at radius 3 is 2.74 bits per heavy atom. The lowest BCUT2D eigenvalue weighted by Gasteiger charge is -2.31. The van der Waals surface area contributed by atoms with E-state index in [1.54, 1.807) is 12.0 Å². The number of carbonyl (C=O) groups excluding carboxylic acids is 1. The largest absolute Gasteiger partial charge is 0.495 e. The Morgan fingerprint density at radius 1 is 1.39 bits per heavy atom. The van der Waals surface area contributed by atoms with Crippen molar-refractivity contribution < 1.29 is 14.3 Å². The minimum absolute atomic E-state index is 0.195. The number of nitrogens with two attached hydrogens (primary N) is 1. The number of hydrogen-bond acceptors (Lipinski definition) is 5. The molecule has 1 saturated heterocycles. The highest BCUT2D eigenvalue weighted by Gasteiger charge is 2.22. The van der Waals surface area contributed by atoms with Gasteiger partial charge in [-0.05, 0) is 50.4 Å². The van der Waals surface area contributed by atoms with Crippen molar-refractivity contribution in [3.63, 3.8) is 0 Å². The summed E-state index contributed by atoms with van der Waals surface area (Å²) in [7, 11) is 1.62. The van der Waals surface area contributed by atoms with Gasteiger partial charge in [0.05, 0.1) is 19.4 Å². The van der Waals surface area contributed by atoms with E-state index >= 15 is 0 Å². The summed E-state index contributed by atoms with van der Waals surface area (Å²) in [6.07, 6.45) is 2.65. The zero-order valence-electron chi connectivity index (χ0n) is 14.0. The van der Waals surface area contributed by atoms with Gasteiger partial charge in [-0.25, -0.2) is 4.79 Å². The van der Waals surface area contributed by atoms with E-state index in [1.807, 2.05) is 25.1 Å². The monoisotopic (exact) mass is 321 g/mol. The third-order valence-electron chi connectivity index (χ3n) is 4.16. The molecule has 0 radical (unpaired) electrons. The van der Waals surface area contributed by atoms with Gasteiger partial charge in [0.1, 0.15) is 5.75 Å². The fraction of sp³-hybridized carbons (Fsp3) is 0.588. The van der Waals surface area contributed by atoms with Crippen LogP contribution in [0.5, 0.6) is 5.75 Å². The molecule has 0 aliphatic carbocycles. The molecule has 6 nitrogen and oxygen atoms in total. The third kappa shape index (κ3) is 5.03. The SMILES string of the molecule is CCOC(=O)N1CCC(NCCc2ccc(OC)c(N)c2)CC1. The first kappa shape index (κ1) is 17.4. The van der Waals surface area contributed by atoms with Gasteiger partial charge in [0.25, 0.3) is 0 Å². The van der Waals surface area contributed by atoms with Crippen LogP contribution in [-0.2, 0) is 11.2 Å². The number of likely N-dealkylation sites (tertiary alicyclic amines) is 1. The predicted octanol–water partition coefficient (Wildman–Crippen LogP) is 2.03. The first-order valence-electron chi connectivity index (χ1n) is 8.21. The van der Waals surface area contributed by atoms with Gasteiger partial charge in [0.15, 0.2) is 0 Å². The summed E-state index contributed by atoms with van der Waals surface area (Å²) in [6.45, 7) is 4.67. The smallest absolute Gasteiger partial charge is 0.409 e. The molecule has 1 amide bonds. The van der Waals surface area contributed by atoms with Crippen LogP contribution in [0.25, 0.3) is 0 Å². The normalized spacial score (nSPS) is 15.5. The van der Waals surface area contributed by atoms with Crippen LogP contribution in [0.1, 0.15) is 25.3 Å². The number of amides is 1. The number of nitrogens with one attached hydrogen (secondary N) is 1. The maximum Gasteiger partial charge on any atom is 0.409 e. The molecule has 1 aliphatic rings. The third-order valence-corrected chi connectivity index (χ3v) is 4.16. The molecule has 0 spiro atoms. The molecule has 2 rings (SSSR count). The van der Waals surface area contributed by atoms with Crippen LogP contribution in [0, 0.1) is 0 Å². The number of benzene rings is 1. The number of nitrogens with zero attached hydrogens (tertiary/aromatic N) is 1. The molecule has 23 heavy (non-hydrogen) atoms. The second kappa shape index (κ2) is 8.62. The lowest BCUT2D eigenvalue weighted by atomic mass is 10.0. The summed E-state index contributed by atoms with van der Waals surface area (Å²) in [5, 5.41) is 3.56. The topological polar surface area (TPSA) is 76.8 Å². The summed E-state index contributed by atoms with van der Waals surface area (Å²) >= 11 is 0. The molecule has 0 unspecified atom stereocenters. The summed E-state index contributed by atoms with van der Waals surface area (Å²) in [6, 6.07) is 6.36. The van der Waals surface area contributed by atoms with Gasteiger partial charge in [-0.2, -0.15) is 0 Å².